The molecule has 0 radical (unpaired) electrons. The zero-order valence-electron chi connectivity index (χ0n) is 7.73. The Morgan fingerprint density at radius 3 is 2.38 bits per heavy atom. The van der Waals surface area contributed by atoms with Gasteiger partial charge in [-0.3, -0.25) is 9.78 Å². The summed E-state index contributed by atoms with van der Waals surface area (Å²) >= 11 is 0. The van der Waals surface area contributed by atoms with Gasteiger partial charge < -0.3 is 0 Å². The maximum Gasteiger partial charge on any atom is 0.345 e. The Labute approximate surface area is 75.6 Å². The smallest absolute Gasteiger partial charge is 0.299 e. The Morgan fingerprint density at radius 2 is 1.92 bits per heavy atom. The van der Waals surface area contributed by atoms with Crippen LogP contribution in [0.5, 0.6) is 0 Å². The lowest BCUT2D eigenvalue weighted by Crippen LogP contribution is -2.17. The maximum atomic E-state index is 10.7. The van der Waals surface area contributed by atoms with Crippen LogP contribution in [0, 0.1) is 0 Å². The molecule has 0 aliphatic rings. The first kappa shape index (κ1) is 11.9. The zero-order chi connectivity index (χ0) is 10.3. The van der Waals surface area contributed by atoms with E-state index in [1.54, 1.807) is 6.92 Å². The van der Waals surface area contributed by atoms with Gasteiger partial charge in [-0.05, 0) is 6.92 Å². The first-order valence-corrected chi connectivity index (χ1v) is 3.63. The SMILES string of the molecule is COOC(=O)CC(C)OOC(C)=O. The van der Waals surface area contributed by atoms with E-state index in [2.05, 4.69) is 19.6 Å². The van der Waals surface area contributed by atoms with Crippen LogP contribution < -0.4 is 0 Å². The van der Waals surface area contributed by atoms with Crippen LogP contribution in [0.2, 0.25) is 0 Å². The number of rotatable bonds is 5. The average molecular weight is 192 g/mol. The molecule has 0 aromatic rings. The van der Waals surface area contributed by atoms with E-state index in [0.717, 1.165) is 0 Å². The van der Waals surface area contributed by atoms with Crippen LogP contribution >= 0.6 is 0 Å². The van der Waals surface area contributed by atoms with Crippen LogP contribution in [0.15, 0.2) is 0 Å². The van der Waals surface area contributed by atoms with Gasteiger partial charge in [-0.1, -0.05) is 0 Å². The first-order chi connectivity index (χ1) is 6.06. The molecule has 0 saturated heterocycles. The van der Waals surface area contributed by atoms with E-state index in [-0.39, 0.29) is 6.42 Å². The van der Waals surface area contributed by atoms with Crippen molar-refractivity contribution in [2.24, 2.45) is 0 Å². The van der Waals surface area contributed by atoms with E-state index in [9.17, 15) is 9.59 Å². The molecule has 1 atom stereocenters. The van der Waals surface area contributed by atoms with E-state index in [1.165, 1.54) is 14.0 Å². The molecule has 13 heavy (non-hydrogen) atoms. The molecular formula is C7H12O6. The second-order valence-corrected chi connectivity index (χ2v) is 2.31. The molecule has 0 saturated carbocycles. The summed E-state index contributed by atoms with van der Waals surface area (Å²) in [5.74, 6) is -1.17. The van der Waals surface area contributed by atoms with Crippen molar-refractivity contribution in [3.8, 4) is 0 Å². The number of carbonyl (C=O) groups is 2. The van der Waals surface area contributed by atoms with Crippen molar-refractivity contribution in [2.75, 3.05) is 7.11 Å². The molecule has 6 nitrogen and oxygen atoms in total. The van der Waals surface area contributed by atoms with Gasteiger partial charge in [0, 0.05) is 6.92 Å². The quantitative estimate of drug-likeness (QED) is 0.462. The minimum absolute atomic E-state index is 0.0544. The van der Waals surface area contributed by atoms with Crippen LogP contribution in [-0.4, -0.2) is 25.2 Å². The van der Waals surface area contributed by atoms with Crippen LogP contribution in [0.1, 0.15) is 20.3 Å². The van der Waals surface area contributed by atoms with Crippen LogP contribution in [0.4, 0.5) is 0 Å². The van der Waals surface area contributed by atoms with Crippen molar-refractivity contribution >= 4 is 11.9 Å². The standard InChI is InChI=1S/C7H12O6/c1-5(11-12-6(2)8)4-7(9)13-10-3/h5H,4H2,1-3H3. The summed E-state index contributed by atoms with van der Waals surface area (Å²) in [7, 11) is 1.22. The molecule has 0 aliphatic carbocycles. The fourth-order valence-corrected chi connectivity index (χ4v) is 0.546. The third-order valence-electron chi connectivity index (χ3n) is 0.960. The van der Waals surface area contributed by atoms with E-state index in [0.29, 0.717) is 0 Å². The van der Waals surface area contributed by atoms with Crippen molar-refractivity contribution in [3.05, 3.63) is 0 Å². The van der Waals surface area contributed by atoms with Gasteiger partial charge in [0.15, 0.2) is 0 Å². The summed E-state index contributed by atoms with van der Waals surface area (Å²) in [4.78, 5) is 38.0. The molecule has 0 rings (SSSR count). The molecule has 0 fully saturated rings. The highest BCUT2D eigenvalue weighted by atomic mass is 17.2. The van der Waals surface area contributed by atoms with Crippen LogP contribution in [0.25, 0.3) is 0 Å². The Bertz CT molecular complexity index is 178. The van der Waals surface area contributed by atoms with E-state index < -0.39 is 18.0 Å². The minimum atomic E-state index is -0.595. The topological polar surface area (TPSA) is 71.1 Å². The lowest BCUT2D eigenvalue weighted by atomic mass is 10.3. The molecule has 0 spiro atoms. The van der Waals surface area contributed by atoms with Gasteiger partial charge in [-0.25, -0.2) is 9.59 Å². The Kier molecular flexibility index (Phi) is 5.82. The van der Waals surface area contributed by atoms with Gasteiger partial charge in [-0.2, -0.15) is 9.78 Å². The van der Waals surface area contributed by atoms with E-state index in [4.69, 9.17) is 0 Å². The van der Waals surface area contributed by atoms with Crippen LogP contribution in [-0.2, 0) is 29.1 Å². The van der Waals surface area contributed by atoms with Gasteiger partial charge >= 0.3 is 11.9 Å². The summed E-state index contributed by atoms with van der Waals surface area (Å²) in [5.41, 5.74) is 0. The average Bonchev–Trinajstić information content (AvgIpc) is 2.01. The molecule has 0 aromatic carbocycles. The fourth-order valence-electron chi connectivity index (χ4n) is 0.546. The molecule has 0 bridgehead atoms. The van der Waals surface area contributed by atoms with Crippen LogP contribution in [0.3, 0.4) is 0 Å². The Hall–Kier alpha value is -1.14. The molecular weight excluding hydrogens is 180 g/mol. The highest BCUT2D eigenvalue weighted by Crippen LogP contribution is 2.00. The van der Waals surface area contributed by atoms with E-state index in [1.807, 2.05) is 0 Å². The maximum absolute atomic E-state index is 10.7. The highest BCUT2D eigenvalue weighted by molar-refractivity contribution is 5.69. The molecule has 1 unspecified atom stereocenters. The van der Waals surface area contributed by atoms with Gasteiger partial charge in [0.2, 0.25) is 0 Å². The second-order valence-electron chi connectivity index (χ2n) is 2.31. The van der Waals surface area contributed by atoms with Gasteiger partial charge in [0.05, 0.1) is 13.5 Å². The molecule has 6 heteroatoms. The largest absolute Gasteiger partial charge is 0.345 e. The first-order valence-electron chi connectivity index (χ1n) is 3.63. The van der Waals surface area contributed by atoms with Gasteiger partial charge in [-0.15, -0.1) is 0 Å². The highest BCUT2D eigenvalue weighted by Gasteiger charge is 2.13. The predicted octanol–water partition coefficient (Wildman–Crippen LogP) is 0.364. The van der Waals surface area contributed by atoms with Crippen molar-refractivity contribution in [2.45, 2.75) is 26.4 Å². The lowest BCUT2D eigenvalue weighted by molar-refractivity contribution is -0.298. The van der Waals surface area contributed by atoms with Crippen molar-refractivity contribution < 1.29 is 29.1 Å². The Balaban J connectivity index is 3.55. The summed E-state index contributed by atoms with van der Waals surface area (Å²) in [5, 5.41) is 0. The van der Waals surface area contributed by atoms with Crippen molar-refractivity contribution in [1.82, 2.24) is 0 Å². The second kappa shape index (κ2) is 6.38. The number of hydrogen-bond donors (Lipinski definition) is 0. The molecule has 0 aliphatic heterocycles. The van der Waals surface area contributed by atoms with E-state index >= 15 is 0 Å². The number of hydrogen-bond acceptors (Lipinski definition) is 6. The molecule has 0 heterocycles. The third kappa shape index (κ3) is 7.23. The van der Waals surface area contributed by atoms with Gasteiger partial charge in [0.25, 0.3) is 0 Å². The third-order valence-corrected chi connectivity index (χ3v) is 0.960. The summed E-state index contributed by atoms with van der Waals surface area (Å²) < 4.78 is 0. The Morgan fingerprint density at radius 1 is 1.31 bits per heavy atom. The molecule has 0 aromatic heterocycles. The van der Waals surface area contributed by atoms with Gasteiger partial charge in [0.1, 0.15) is 6.10 Å². The summed E-state index contributed by atoms with van der Waals surface area (Å²) in [6.45, 7) is 2.75. The summed E-state index contributed by atoms with van der Waals surface area (Å²) in [6, 6.07) is 0. The fraction of sp³-hybridized carbons (Fsp3) is 0.714. The minimum Gasteiger partial charge on any atom is -0.299 e. The van der Waals surface area contributed by atoms with Crippen molar-refractivity contribution in [3.63, 3.8) is 0 Å². The monoisotopic (exact) mass is 192 g/mol. The molecule has 76 valence electrons. The summed E-state index contributed by atoms with van der Waals surface area (Å²) in [6.07, 6.45) is -0.618. The molecule has 0 N–H and O–H groups in total. The lowest BCUT2D eigenvalue weighted by Gasteiger charge is -2.08. The zero-order valence-corrected chi connectivity index (χ0v) is 7.73. The van der Waals surface area contributed by atoms with Crippen molar-refractivity contribution in [1.29, 1.82) is 0 Å². The molecule has 0 amide bonds. The normalized spacial score (nSPS) is 11.9. The predicted molar refractivity (Wildman–Crippen MR) is 40.0 cm³/mol. The number of carbonyl (C=O) groups excluding carboxylic acids is 2.